The summed E-state index contributed by atoms with van der Waals surface area (Å²) in [6.07, 6.45) is 6.12. The Hall–Kier alpha value is -4.19. The van der Waals surface area contributed by atoms with Gasteiger partial charge >= 0.3 is 11.9 Å². The fraction of sp³-hybridized carbons (Fsp3) is 0.292. The molecule has 0 bridgehead atoms. The van der Waals surface area contributed by atoms with Crippen LogP contribution < -0.4 is 4.90 Å². The van der Waals surface area contributed by atoms with Crippen molar-refractivity contribution in [1.82, 2.24) is 24.6 Å². The van der Waals surface area contributed by atoms with E-state index in [1.165, 1.54) is 29.6 Å². The molecule has 12 heteroatoms. The number of nitrogens with zero attached hydrogens (tertiary/aromatic N) is 6. The average Bonchev–Trinajstić information content (AvgIpc) is 3.17. The molecule has 0 aliphatic carbocycles. The summed E-state index contributed by atoms with van der Waals surface area (Å²) in [5, 5.41) is 19.9. The monoisotopic (exact) mass is 500 g/mol. The smallest absolute Gasteiger partial charge is 0.328 e. The Kier molecular flexibility index (Phi) is 8.79. The van der Waals surface area contributed by atoms with Crippen LogP contribution in [0.5, 0.6) is 0 Å². The number of hydrogen-bond donors (Lipinski definition) is 2. The van der Waals surface area contributed by atoms with Crippen molar-refractivity contribution < 1.29 is 28.6 Å². The van der Waals surface area contributed by atoms with Crippen molar-refractivity contribution in [2.24, 2.45) is 7.05 Å². The minimum Gasteiger partial charge on any atom is -0.478 e. The lowest BCUT2D eigenvalue weighted by Gasteiger charge is -2.35. The minimum atomic E-state index is -1.26. The third kappa shape index (κ3) is 6.69. The second-order valence-electron chi connectivity index (χ2n) is 7.98. The van der Waals surface area contributed by atoms with Gasteiger partial charge in [-0.25, -0.2) is 23.4 Å². The normalized spacial score (nSPS) is 13.9. The summed E-state index contributed by atoms with van der Waals surface area (Å²) in [6.45, 7) is 6.08. The van der Waals surface area contributed by atoms with Crippen LogP contribution in [0.25, 0.3) is 11.3 Å². The van der Waals surface area contributed by atoms with E-state index >= 15 is 0 Å². The fourth-order valence-electron chi connectivity index (χ4n) is 3.64. The average molecular weight is 501 g/mol. The molecule has 1 aliphatic heterocycles. The number of rotatable bonds is 6. The van der Waals surface area contributed by atoms with Gasteiger partial charge in [-0.15, -0.1) is 0 Å². The topological polar surface area (TPSA) is 125 Å². The van der Waals surface area contributed by atoms with Crippen molar-refractivity contribution in [2.45, 2.75) is 13.5 Å². The molecule has 0 spiro atoms. The predicted octanol–water partition coefficient (Wildman–Crippen LogP) is 2.50. The Morgan fingerprint density at radius 1 is 1.03 bits per heavy atom. The van der Waals surface area contributed by atoms with E-state index in [-0.39, 0.29) is 5.56 Å². The Labute approximate surface area is 206 Å². The van der Waals surface area contributed by atoms with Gasteiger partial charge < -0.3 is 15.1 Å². The van der Waals surface area contributed by atoms with Crippen molar-refractivity contribution in [1.29, 1.82) is 0 Å². The van der Waals surface area contributed by atoms with Crippen molar-refractivity contribution in [3.63, 3.8) is 0 Å². The number of anilines is 1. The van der Waals surface area contributed by atoms with Gasteiger partial charge in [0.15, 0.2) is 17.5 Å². The van der Waals surface area contributed by atoms with E-state index < -0.39 is 23.6 Å². The molecule has 1 aromatic carbocycles. The summed E-state index contributed by atoms with van der Waals surface area (Å²) >= 11 is 0. The molecule has 36 heavy (non-hydrogen) atoms. The van der Waals surface area contributed by atoms with Crippen molar-refractivity contribution in [2.75, 3.05) is 31.1 Å². The minimum absolute atomic E-state index is 0.136. The summed E-state index contributed by atoms with van der Waals surface area (Å²) in [5.74, 6) is -3.70. The van der Waals surface area contributed by atoms with E-state index in [0.29, 0.717) is 23.7 Å². The van der Waals surface area contributed by atoms with Crippen LogP contribution in [0.2, 0.25) is 0 Å². The molecule has 0 radical (unpaired) electrons. The number of aliphatic carboxylic acids is 2. The van der Waals surface area contributed by atoms with E-state index in [0.717, 1.165) is 38.8 Å². The van der Waals surface area contributed by atoms with Gasteiger partial charge in [0.1, 0.15) is 5.69 Å². The van der Waals surface area contributed by atoms with Crippen LogP contribution in [-0.4, -0.2) is 73.0 Å². The Bertz CT molecular complexity index is 1240. The van der Waals surface area contributed by atoms with Crippen LogP contribution in [0.1, 0.15) is 11.3 Å². The zero-order chi connectivity index (χ0) is 26.2. The quantitative estimate of drug-likeness (QED) is 0.491. The molecular weight excluding hydrogens is 474 g/mol. The van der Waals surface area contributed by atoms with Crippen LogP contribution in [0.4, 0.5) is 14.6 Å². The second-order valence-corrected chi connectivity index (χ2v) is 7.98. The fourth-order valence-corrected chi connectivity index (χ4v) is 3.64. The molecule has 0 amide bonds. The highest BCUT2D eigenvalue weighted by molar-refractivity contribution is 5.89. The molecule has 1 fully saturated rings. The Morgan fingerprint density at radius 2 is 1.67 bits per heavy atom. The lowest BCUT2D eigenvalue weighted by molar-refractivity contribution is -0.134. The van der Waals surface area contributed by atoms with Gasteiger partial charge in [-0.3, -0.25) is 14.6 Å². The van der Waals surface area contributed by atoms with E-state index in [2.05, 4.69) is 31.8 Å². The third-order valence-electron chi connectivity index (χ3n) is 5.66. The number of hydrogen-bond acceptors (Lipinski definition) is 7. The van der Waals surface area contributed by atoms with Gasteiger partial charge in [-0.05, 0) is 19.1 Å². The molecule has 3 aromatic rings. The summed E-state index contributed by atoms with van der Waals surface area (Å²) in [5.41, 5.74) is 2.89. The lowest BCUT2D eigenvalue weighted by Crippen LogP contribution is -2.46. The maximum atomic E-state index is 14.3. The first-order valence-corrected chi connectivity index (χ1v) is 11.0. The molecule has 0 unspecified atom stereocenters. The van der Waals surface area contributed by atoms with Gasteiger partial charge in [-0.2, -0.15) is 5.10 Å². The summed E-state index contributed by atoms with van der Waals surface area (Å²) < 4.78 is 29.9. The van der Waals surface area contributed by atoms with Gasteiger partial charge in [-0.1, -0.05) is 6.07 Å². The van der Waals surface area contributed by atoms with E-state index in [9.17, 15) is 18.4 Å². The standard InChI is InChI=1S/C20H22F2N6.C4H4O4/c1-14-15(12-25-26(14)2)13-27-8-10-28(11-9-27)20-19(23-6-7-24-20)16-4-3-5-17(21)18(16)22;5-3(6)1-2-4(7)8/h3-7,12H,8-11,13H2,1-2H3;1-2H,(H,5,6)(H,7,8)/b;2-1+. The van der Waals surface area contributed by atoms with Gasteiger partial charge in [0.2, 0.25) is 0 Å². The van der Waals surface area contributed by atoms with Crippen molar-refractivity contribution >= 4 is 17.8 Å². The van der Waals surface area contributed by atoms with E-state index in [4.69, 9.17) is 10.2 Å². The van der Waals surface area contributed by atoms with Crippen molar-refractivity contribution in [3.8, 4) is 11.3 Å². The third-order valence-corrected chi connectivity index (χ3v) is 5.66. The molecule has 4 rings (SSSR count). The predicted molar refractivity (Wildman–Crippen MR) is 127 cm³/mol. The first kappa shape index (κ1) is 26.4. The van der Waals surface area contributed by atoms with Crippen LogP contribution in [-0.2, 0) is 23.2 Å². The molecule has 1 aliphatic rings. The number of aryl methyl sites for hydroxylation is 1. The Balaban J connectivity index is 0.000000392. The van der Waals surface area contributed by atoms with Crippen molar-refractivity contribution in [3.05, 3.63) is 71.8 Å². The zero-order valence-electron chi connectivity index (χ0n) is 19.8. The molecule has 190 valence electrons. The molecule has 3 heterocycles. The number of piperazine rings is 1. The molecule has 0 atom stereocenters. The number of carboxylic acids is 2. The highest BCUT2D eigenvalue weighted by Crippen LogP contribution is 2.30. The first-order valence-electron chi connectivity index (χ1n) is 11.0. The molecule has 1 saturated heterocycles. The van der Waals surface area contributed by atoms with Crippen LogP contribution in [0.15, 0.2) is 48.9 Å². The van der Waals surface area contributed by atoms with Gasteiger partial charge in [0.05, 0.1) is 6.20 Å². The molecule has 10 nitrogen and oxygen atoms in total. The Morgan fingerprint density at radius 3 is 2.25 bits per heavy atom. The SMILES string of the molecule is Cc1c(CN2CCN(c3nccnc3-c3cccc(F)c3F)CC2)cnn1C.O=C(O)/C=C/C(=O)O. The lowest BCUT2D eigenvalue weighted by atomic mass is 10.1. The highest BCUT2D eigenvalue weighted by Gasteiger charge is 2.24. The number of aromatic nitrogens is 4. The number of halogens is 2. The summed E-state index contributed by atoms with van der Waals surface area (Å²) in [4.78, 5) is 32.3. The summed E-state index contributed by atoms with van der Waals surface area (Å²) in [7, 11) is 1.94. The van der Waals surface area contributed by atoms with Gasteiger partial charge in [0.25, 0.3) is 0 Å². The maximum absolute atomic E-state index is 14.3. The van der Waals surface area contributed by atoms with Crippen LogP contribution in [0, 0.1) is 18.6 Å². The zero-order valence-corrected chi connectivity index (χ0v) is 19.8. The summed E-state index contributed by atoms with van der Waals surface area (Å²) in [6, 6.07) is 4.13. The number of carboxylic acid groups (broad SMARTS) is 2. The molecule has 0 saturated carbocycles. The van der Waals surface area contributed by atoms with Crippen LogP contribution in [0.3, 0.4) is 0 Å². The number of benzene rings is 1. The number of carbonyl (C=O) groups is 2. The molecular formula is C24H26F2N6O4. The second kappa shape index (κ2) is 12.0. The highest BCUT2D eigenvalue weighted by atomic mass is 19.2. The van der Waals surface area contributed by atoms with E-state index in [1.807, 2.05) is 17.9 Å². The van der Waals surface area contributed by atoms with Crippen LogP contribution >= 0.6 is 0 Å². The molecule has 2 N–H and O–H groups in total. The van der Waals surface area contributed by atoms with E-state index in [1.54, 1.807) is 6.20 Å². The first-order chi connectivity index (χ1) is 17.2. The largest absolute Gasteiger partial charge is 0.478 e. The van der Waals surface area contributed by atoms with Gasteiger partial charge in [0, 0.05) is 81.1 Å². The maximum Gasteiger partial charge on any atom is 0.328 e. The molecule has 2 aromatic heterocycles.